The summed E-state index contributed by atoms with van der Waals surface area (Å²) in [6.07, 6.45) is 2.13. The van der Waals surface area contributed by atoms with Crippen LogP contribution in [0.1, 0.15) is 30.1 Å². The normalized spacial score (nSPS) is 10.7. The van der Waals surface area contributed by atoms with Crippen molar-refractivity contribution in [1.82, 2.24) is 10.6 Å². The zero-order valence-corrected chi connectivity index (χ0v) is 15.4. The Morgan fingerprint density at radius 1 is 1.24 bits per heavy atom. The van der Waals surface area contributed by atoms with E-state index in [4.69, 9.17) is 5.73 Å². The molecular formula is C14H22Br2N4O. The van der Waals surface area contributed by atoms with Crippen LogP contribution in [0.4, 0.5) is 0 Å². The summed E-state index contributed by atoms with van der Waals surface area (Å²) >= 11 is 3.33. The maximum absolute atomic E-state index is 11.8. The molecule has 0 heterocycles. The molecule has 4 N–H and O–H groups in total. The Bertz CT molecular complexity index is 449. The Morgan fingerprint density at radius 2 is 1.86 bits per heavy atom. The van der Waals surface area contributed by atoms with E-state index < -0.39 is 0 Å². The molecule has 1 aromatic rings. The van der Waals surface area contributed by atoms with Crippen LogP contribution in [0.15, 0.2) is 33.7 Å². The highest BCUT2D eigenvalue weighted by Gasteiger charge is 2.03. The first-order chi connectivity index (χ1) is 9.63. The number of nitrogens with zero attached hydrogens (tertiary/aromatic N) is 1. The van der Waals surface area contributed by atoms with Gasteiger partial charge in [0.2, 0.25) is 0 Å². The third-order valence-electron chi connectivity index (χ3n) is 2.62. The highest BCUT2D eigenvalue weighted by Crippen LogP contribution is 2.10. The van der Waals surface area contributed by atoms with Crippen LogP contribution in [0.5, 0.6) is 0 Å². The van der Waals surface area contributed by atoms with Crippen molar-refractivity contribution in [3.63, 3.8) is 0 Å². The predicted octanol–water partition coefficient (Wildman–Crippen LogP) is 2.46. The molecule has 7 heteroatoms. The third-order valence-corrected chi connectivity index (χ3v) is 3.15. The van der Waals surface area contributed by atoms with Crippen molar-refractivity contribution in [3.8, 4) is 0 Å². The van der Waals surface area contributed by atoms with E-state index in [0.717, 1.165) is 23.9 Å². The number of amides is 1. The van der Waals surface area contributed by atoms with Gasteiger partial charge in [-0.2, -0.15) is 0 Å². The van der Waals surface area contributed by atoms with Gasteiger partial charge in [-0.05, 0) is 30.7 Å². The van der Waals surface area contributed by atoms with Crippen molar-refractivity contribution in [1.29, 1.82) is 0 Å². The van der Waals surface area contributed by atoms with Crippen molar-refractivity contribution >= 4 is 44.8 Å². The second-order valence-electron chi connectivity index (χ2n) is 4.31. The molecule has 21 heavy (non-hydrogen) atoms. The fraction of sp³-hybridized carbons (Fsp3) is 0.429. The third kappa shape index (κ3) is 8.72. The summed E-state index contributed by atoms with van der Waals surface area (Å²) in [7, 11) is 0. The zero-order chi connectivity index (χ0) is 14.8. The minimum absolute atomic E-state index is 0. The van der Waals surface area contributed by atoms with Crippen LogP contribution in [0.2, 0.25) is 0 Å². The monoisotopic (exact) mass is 420 g/mol. The number of guanidine groups is 1. The summed E-state index contributed by atoms with van der Waals surface area (Å²) in [5, 5.41) is 5.78. The lowest BCUT2D eigenvalue weighted by Crippen LogP contribution is -2.38. The molecule has 0 aliphatic heterocycles. The molecule has 0 atom stereocenters. The highest BCUT2D eigenvalue weighted by molar-refractivity contribution is 9.10. The molecular weight excluding hydrogens is 400 g/mol. The van der Waals surface area contributed by atoms with Crippen LogP contribution in [-0.4, -0.2) is 31.5 Å². The van der Waals surface area contributed by atoms with E-state index in [2.05, 4.69) is 38.5 Å². The summed E-state index contributed by atoms with van der Waals surface area (Å²) in [6.45, 7) is 3.90. The Balaban J connectivity index is 0.00000400. The number of unbranched alkanes of at least 4 members (excludes halogenated alkanes) is 1. The van der Waals surface area contributed by atoms with Gasteiger partial charge in [-0.25, -0.2) is 0 Å². The van der Waals surface area contributed by atoms with Gasteiger partial charge in [0.1, 0.15) is 0 Å². The number of benzene rings is 1. The SMILES string of the molecule is Br.CCCCN=C(N)NCCNC(=O)c1ccc(Br)cc1. The lowest BCUT2D eigenvalue weighted by Gasteiger charge is -2.07. The van der Waals surface area contributed by atoms with E-state index in [1.165, 1.54) is 0 Å². The Kier molecular flexibility index (Phi) is 11.0. The standard InChI is InChI=1S/C14H21BrN4O.BrH/c1-2-3-8-18-14(16)19-10-9-17-13(20)11-4-6-12(15)7-5-11;/h4-7H,2-3,8-10H2,1H3,(H,17,20)(H3,16,18,19);1H. The number of nitrogens with two attached hydrogens (primary N) is 1. The molecule has 0 aliphatic carbocycles. The lowest BCUT2D eigenvalue weighted by atomic mass is 10.2. The minimum Gasteiger partial charge on any atom is -0.370 e. The summed E-state index contributed by atoms with van der Waals surface area (Å²) in [5.41, 5.74) is 6.32. The second kappa shape index (κ2) is 11.6. The van der Waals surface area contributed by atoms with Crippen LogP contribution in [0.25, 0.3) is 0 Å². The van der Waals surface area contributed by atoms with Gasteiger partial charge < -0.3 is 16.4 Å². The largest absolute Gasteiger partial charge is 0.370 e. The first kappa shape index (κ1) is 19.9. The molecule has 5 nitrogen and oxygen atoms in total. The van der Waals surface area contributed by atoms with Crippen LogP contribution >= 0.6 is 32.9 Å². The molecule has 1 amide bonds. The Hall–Kier alpha value is -1.08. The van der Waals surface area contributed by atoms with Gasteiger partial charge in [-0.1, -0.05) is 29.3 Å². The van der Waals surface area contributed by atoms with Crippen LogP contribution in [0.3, 0.4) is 0 Å². The first-order valence-electron chi connectivity index (χ1n) is 6.71. The fourth-order valence-corrected chi connectivity index (χ4v) is 1.75. The summed E-state index contributed by atoms with van der Waals surface area (Å²) in [4.78, 5) is 16.0. The molecule has 0 aliphatic rings. The Morgan fingerprint density at radius 3 is 2.48 bits per heavy atom. The van der Waals surface area contributed by atoms with E-state index in [9.17, 15) is 4.79 Å². The molecule has 0 aromatic heterocycles. The fourth-order valence-electron chi connectivity index (χ4n) is 1.48. The van der Waals surface area contributed by atoms with Crippen molar-refractivity contribution < 1.29 is 4.79 Å². The van der Waals surface area contributed by atoms with Crippen LogP contribution in [-0.2, 0) is 0 Å². The Labute approximate surface area is 144 Å². The zero-order valence-electron chi connectivity index (χ0n) is 12.1. The minimum atomic E-state index is -0.0965. The number of carbonyl (C=O) groups excluding carboxylic acids is 1. The van der Waals surface area contributed by atoms with Gasteiger partial charge in [-0.15, -0.1) is 17.0 Å². The highest BCUT2D eigenvalue weighted by atomic mass is 79.9. The average molecular weight is 422 g/mol. The van der Waals surface area contributed by atoms with Crippen LogP contribution in [0, 0.1) is 0 Å². The molecule has 0 fully saturated rings. The number of halogens is 2. The van der Waals surface area contributed by atoms with Crippen LogP contribution < -0.4 is 16.4 Å². The number of hydrogen-bond donors (Lipinski definition) is 3. The van der Waals surface area contributed by atoms with Gasteiger partial charge in [0.25, 0.3) is 5.91 Å². The molecule has 1 rings (SSSR count). The molecule has 0 saturated carbocycles. The average Bonchev–Trinajstić information content (AvgIpc) is 2.44. The first-order valence-corrected chi connectivity index (χ1v) is 7.50. The molecule has 0 radical (unpaired) electrons. The topological polar surface area (TPSA) is 79.5 Å². The molecule has 0 bridgehead atoms. The molecule has 118 valence electrons. The summed E-state index contributed by atoms with van der Waals surface area (Å²) in [6, 6.07) is 7.22. The summed E-state index contributed by atoms with van der Waals surface area (Å²) in [5.74, 6) is 0.331. The number of carbonyl (C=O) groups is 1. The smallest absolute Gasteiger partial charge is 0.251 e. The maximum Gasteiger partial charge on any atom is 0.251 e. The van der Waals surface area contributed by atoms with Gasteiger partial charge in [0.15, 0.2) is 5.96 Å². The van der Waals surface area contributed by atoms with Gasteiger partial charge in [0.05, 0.1) is 0 Å². The maximum atomic E-state index is 11.8. The van der Waals surface area contributed by atoms with E-state index in [-0.39, 0.29) is 22.9 Å². The number of nitrogens with one attached hydrogen (secondary N) is 2. The lowest BCUT2D eigenvalue weighted by molar-refractivity contribution is 0.0954. The van der Waals surface area contributed by atoms with E-state index in [1.807, 2.05) is 12.1 Å². The second-order valence-corrected chi connectivity index (χ2v) is 5.23. The molecule has 0 unspecified atom stereocenters. The van der Waals surface area contributed by atoms with Gasteiger partial charge in [0, 0.05) is 29.7 Å². The van der Waals surface area contributed by atoms with Gasteiger partial charge >= 0.3 is 0 Å². The predicted molar refractivity (Wildman–Crippen MR) is 96.2 cm³/mol. The van der Waals surface area contributed by atoms with Crippen molar-refractivity contribution in [2.75, 3.05) is 19.6 Å². The summed E-state index contributed by atoms with van der Waals surface area (Å²) < 4.78 is 0.951. The number of hydrogen-bond acceptors (Lipinski definition) is 2. The molecule has 1 aromatic carbocycles. The van der Waals surface area contributed by atoms with Crippen molar-refractivity contribution in [2.45, 2.75) is 19.8 Å². The number of rotatable bonds is 7. The number of aliphatic imine (C=N–C) groups is 1. The van der Waals surface area contributed by atoms with Crippen molar-refractivity contribution in [3.05, 3.63) is 34.3 Å². The van der Waals surface area contributed by atoms with E-state index in [0.29, 0.717) is 24.6 Å². The molecule has 0 spiro atoms. The quantitative estimate of drug-likeness (QED) is 0.359. The van der Waals surface area contributed by atoms with E-state index >= 15 is 0 Å². The van der Waals surface area contributed by atoms with Crippen molar-refractivity contribution in [2.24, 2.45) is 10.7 Å². The van der Waals surface area contributed by atoms with Gasteiger partial charge in [-0.3, -0.25) is 9.79 Å². The van der Waals surface area contributed by atoms with E-state index in [1.54, 1.807) is 12.1 Å². The molecule has 0 saturated heterocycles.